The lowest BCUT2D eigenvalue weighted by atomic mass is 9.93. The lowest BCUT2D eigenvalue weighted by Gasteiger charge is -2.25. The van der Waals surface area contributed by atoms with Crippen molar-refractivity contribution in [3.8, 4) is 5.75 Å². The number of furan rings is 1. The zero-order valence-corrected chi connectivity index (χ0v) is 12.9. The van der Waals surface area contributed by atoms with E-state index in [0.29, 0.717) is 17.1 Å². The molecule has 1 aliphatic carbocycles. The van der Waals surface area contributed by atoms with Gasteiger partial charge in [-0.25, -0.2) is 0 Å². The fourth-order valence-corrected chi connectivity index (χ4v) is 3.07. The van der Waals surface area contributed by atoms with Crippen molar-refractivity contribution in [3.05, 3.63) is 29.5 Å². The number of benzene rings is 1. The van der Waals surface area contributed by atoms with Crippen molar-refractivity contribution in [2.24, 2.45) is 0 Å². The number of ether oxygens (including phenoxy) is 1. The zero-order chi connectivity index (χ0) is 15.7. The molecular weight excluding hydrogens is 282 g/mol. The van der Waals surface area contributed by atoms with Crippen LogP contribution in [0.3, 0.4) is 0 Å². The van der Waals surface area contributed by atoms with E-state index >= 15 is 0 Å². The summed E-state index contributed by atoms with van der Waals surface area (Å²) in [7, 11) is 1.58. The first kappa shape index (κ1) is 14.9. The first-order valence-corrected chi connectivity index (χ1v) is 7.65. The van der Waals surface area contributed by atoms with Gasteiger partial charge in [-0.05, 0) is 38.7 Å². The summed E-state index contributed by atoms with van der Waals surface area (Å²) in [6.45, 7) is 1.88. The minimum Gasteiger partial charge on any atom is -0.493 e. The van der Waals surface area contributed by atoms with Gasteiger partial charge >= 0.3 is 0 Å². The van der Waals surface area contributed by atoms with Gasteiger partial charge in [-0.15, -0.1) is 0 Å². The molecule has 1 fully saturated rings. The Hall–Kier alpha value is -2.01. The summed E-state index contributed by atoms with van der Waals surface area (Å²) in [6.07, 6.45) is 2.84. The van der Waals surface area contributed by atoms with Crippen molar-refractivity contribution in [3.63, 3.8) is 0 Å². The maximum atomic E-state index is 12.5. The quantitative estimate of drug-likeness (QED) is 0.914. The number of methoxy groups -OCH3 is 1. The van der Waals surface area contributed by atoms with Gasteiger partial charge in [0.1, 0.15) is 0 Å². The minimum absolute atomic E-state index is 0.102. The van der Waals surface area contributed by atoms with Crippen molar-refractivity contribution in [1.29, 1.82) is 0 Å². The Labute approximate surface area is 129 Å². The second kappa shape index (κ2) is 6.01. The van der Waals surface area contributed by atoms with Crippen molar-refractivity contribution >= 4 is 16.9 Å². The van der Waals surface area contributed by atoms with E-state index in [1.807, 2.05) is 25.1 Å². The third-order valence-electron chi connectivity index (χ3n) is 4.39. The number of rotatable bonds is 3. The predicted octanol–water partition coefficient (Wildman–Crippen LogP) is 2.78. The van der Waals surface area contributed by atoms with Gasteiger partial charge in [0, 0.05) is 17.0 Å². The molecule has 0 radical (unpaired) electrons. The van der Waals surface area contributed by atoms with Crippen LogP contribution in [0.1, 0.15) is 41.8 Å². The van der Waals surface area contributed by atoms with Crippen LogP contribution in [0.25, 0.3) is 11.0 Å². The zero-order valence-electron chi connectivity index (χ0n) is 12.9. The number of carbonyl (C=O) groups excluding carboxylic acids is 1. The van der Waals surface area contributed by atoms with Crippen LogP contribution in [0, 0.1) is 6.92 Å². The number of carbonyl (C=O) groups is 1. The topological polar surface area (TPSA) is 71.7 Å². The highest BCUT2D eigenvalue weighted by Crippen LogP contribution is 2.32. The maximum Gasteiger partial charge on any atom is 0.287 e. The van der Waals surface area contributed by atoms with Gasteiger partial charge in [0.05, 0.1) is 13.2 Å². The highest BCUT2D eigenvalue weighted by molar-refractivity contribution is 6.00. The molecule has 0 spiro atoms. The molecule has 1 amide bonds. The van der Waals surface area contributed by atoms with E-state index in [9.17, 15) is 9.90 Å². The molecule has 1 aromatic carbocycles. The van der Waals surface area contributed by atoms with E-state index in [2.05, 4.69) is 5.32 Å². The Kier molecular flexibility index (Phi) is 4.07. The largest absolute Gasteiger partial charge is 0.493 e. The normalized spacial score (nSPS) is 21.8. The predicted molar refractivity (Wildman–Crippen MR) is 83.2 cm³/mol. The molecule has 1 aromatic heterocycles. The summed E-state index contributed by atoms with van der Waals surface area (Å²) in [5, 5.41) is 13.4. The van der Waals surface area contributed by atoms with Crippen molar-refractivity contribution in [2.75, 3.05) is 7.11 Å². The summed E-state index contributed by atoms with van der Waals surface area (Å²) < 4.78 is 11.0. The van der Waals surface area contributed by atoms with Crippen LogP contribution < -0.4 is 10.1 Å². The molecule has 1 heterocycles. The summed E-state index contributed by atoms with van der Waals surface area (Å²) in [5.41, 5.74) is 1.42. The van der Waals surface area contributed by atoms with E-state index in [4.69, 9.17) is 9.15 Å². The van der Waals surface area contributed by atoms with Gasteiger partial charge in [0.15, 0.2) is 17.1 Å². The lowest BCUT2D eigenvalue weighted by Crippen LogP contribution is -2.38. The molecule has 1 aliphatic rings. The Balaban J connectivity index is 1.83. The van der Waals surface area contributed by atoms with Gasteiger partial charge in [0.25, 0.3) is 5.91 Å². The summed E-state index contributed by atoms with van der Waals surface area (Å²) in [5.74, 6) is 0.767. The smallest absolute Gasteiger partial charge is 0.287 e. The van der Waals surface area contributed by atoms with Gasteiger partial charge in [0.2, 0.25) is 0 Å². The first-order valence-electron chi connectivity index (χ1n) is 7.65. The molecule has 0 unspecified atom stereocenters. The molecule has 3 rings (SSSR count). The fraction of sp³-hybridized carbons (Fsp3) is 0.471. The van der Waals surface area contributed by atoms with Crippen molar-refractivity contribution in [1.82, 2.24) is 5.32 Å². The van der Waals surface area contributed by atoms with Crippen LogP contribution in [0.15, 0.2) is 22.6 Å². The van der Waals surface area contributed by atoms with Gasteiger partial charge in [-0.1, -0.05) is 12.1 Å². The molecule has 0 saturated heterocycles. The van der Waals surface area contributed by atoms with Crippen molar-refractivity contribution < 1.29 is 19.1 Å². The van der Waals surface area contributed by atoms with Gasteiger partial charge in [-0.3, -0.25) is 4.79 Å². The average molecular weight is 303 g/mol. The molecule has 1 saturated carbocycles. The molecule has 5 nitrogen and oxygen atoms in total. The van der Waals surface area contributed by atoms with Gasteiger partial charge < -0.3 is 19.6 Å². The number of aliphatic hydroxyl groups excluding tert-OH is 1. The Morgan fingerprint density at radius 3 is 2.73 bits per heavy atom. The number of nitrogens with one attached hydrogen (secondary N) is 1. The molecule has 0 bridgehead atoms. The number of aryl methyl sites for hydroxylation is 1. The first-order chi connectivity index (χ1) is 10.6. The van der Waals surface area contributed by atoms with Gasteiger partial charge in [-0.2, -0.15) is 0 Å². The number of hydrogen-bond acceptors (Lipinski definition) is 4. The second-order valence-electron chi connectivity index (χ2n) is 5.87. The number of amides is 1. The Bertz CT molecular complexity index is 683. The fourth-order valence-electron chi connectivity index (χ4n) is 3.07. The van der Waals surface area contributed by atoms with Crippen LogP contribution in [0.5, 0.6) is 5.75 Å². The van der Waals surface area contributed by atoms with E-state index in [1.165, 1.54) is 0 Å². The van der Waals surface area contributed by atoms with Crippen LogP contribution in [-0.4, -0.2) is 30.3 Å². The number of aliphatic hydroxyl groups is 1. The Morgan fingerprint density at radius 2 is 2.05 bits per heavy atom. The van der Waals surface area contributed by atoms with Crippen LogP contribution in [0.4, 0.5) is 0 Å². The van der Waals surface area contributed by atoms with E-state index in [-0.39, 0.29) is 18.1 Å². The van der Waals surface area contributed by atoms with E-state index < -0.39 is 0 Å². The minimum atomic E-state index is -0.231. The number of hydrogen-bond donors (Lipinski definition) is 2. The maximum absolute atomic E-state index is 12.5. The molecule has 0 atom stereocenters. The molecule has 2 N–H and O–H groups in total. The highest BCUT2D eigenvalue weighted by atomic mass is 16.5. The molecule has 118 valence electrons. The Morgan fingerprint density at radius 1 is 1.32 bits per heavy atom. The molecule has 5 heteroatoms. The summed E-state index contributed by atoms with van der Waals surface area (Å²) in [4.78, 5) is 12.5. The van der Waals surface area contributed by atoms with E-state index in [0.717, 1.165) is 36.6 Å². The van der Waals surface area contributed by atoms with Crippen LogP contribution in [0.2, 0.25) is 0 Å². The summed E-state index contributed by atoms with van der Waals surface area (Å²) in [6, 6.07) is 5.72. The molecule has 22 heavy (non-hydrogen) atoms. The average Bonchev–Trinajstić information content (AvgIpc) is 2.87. The molecule has 0 aliphatic heterocycles. The van der Waals surface area contributed by atoms with Crippen LogP contribution in [-0.2, 0) is 0 Å². The highest BCUT2D eigenvalue weighted by Gasteiger charge is 2.25. The van der Waals surface area contributed by atoms with Crippen molar-refractivity contribution in [2.45, 2.75) is 44.8 Å². The number of fused-ring (bicyclic) bond motifs is 1. The third-order valence-corrected chi connectivity index (χ3v) is 4.39. The lowest BCUT2D eigenvalue weighted by molar-refractivity contribution is 0.0844. The SMILES string of the molecule is COc1cccc2c(C)c(C(=O)NC3CCC(O)CC3)oc12. The summed E-state index contributed by atoms with van der Waals surface area (Å²) >= 11 is 0. The third kappa shape index (κ3) is 2.68. The molecular formula is C17H21NO4. The molecule has 2 aromatic rings. The van der Waals surface area contributed by atoms with Crippen LogP contribution >= 0.6 is 0 Å². The second-order valence-corrected chi connectivity index (χ2v) is 5.87. The standard InChI is InChI=1S/C17H21NO4/c1-10-13-4-3-5-14(21-2)16(13)22-15(10)17(20)18-11-6-8-12(19)9-7-11/h3-5,11-12,19H,6-9H2,1-2H3,(H,18,20). The van der Waals surface area contributed by atoms with E-state index in [1.54, 1.807) is 7.11 Å². The number of para-hydroxylation sites is 1. The monoisotopic (exact) mass is 303 g/mol.